The number of rotatable bonds is 5. The Morgan fingerprint density at radius 1 is 1.42 bits per heavy atom. The van der Waals surface area contributed by atoms with E-state index in [0.29, 0.717) is 24.5 Å². The standard InChI is InChI=1S/C19H26N4O3/c1-14-5-6-18(26-2)17(12-14)20-19(25)22-8-3-4-15(13-22)16-7-9-23(21-16)10-11-24/h5-7,9,12,15,24H,3-4,8,10-11,13H2,1-2H3,(H,20,25)/t15-/m0/s1. The van der Waals surface area contributed by atoms with Gasteiger partial charge in [0, 0.05) is 25.2 Å². The van der Waals surface area contributed by atoms with Crippen molar-refractivity contribution in [2.75, 3.05) is 32.1 Å². The maximum absolute atomic E-state index is 12.7. The number of piperidine rings is 1. The quantitative estimate of drug-likeness (QED) is 0.861. The van der Waals surface area contributed by atoms with Crippen molar-refractivity contribution in [3.8, 4) is 5.75 Å². The highest BCUT2D eigenvalue weighted by atomic mass is 16.5. The first kappa shape index (κ1) is 18.3. The van der Waals surface area contributed by atoms with Crippen molar-refractivity contribution in [1.29, 1.82) is 0 Å². The largest absolute Gasteiger partial charge is 0.495 e. The Balaban J connectivity index is 1.67. The first-order valence-corrected chi connectivity index (χ1v) is 8.95. The third-order valence-electron chi connectivity index (χ3n) is 4.71. The number of likely N-dealkylation sites (tertiary alicyclic amines) is 1. The minimum Gasteiger partial charge on any atom is -0.495 e. The minimum absolute atomic E-state index is 0.0681. The Labute approximate surface area is 153 Å². The van der Waals surface area contributed by atoms with E-state index in [0.717, 1.165) is 30.6 Å². The lowest BCUT2D eigenvalue weighted by atomic mass is 9.95. The molecule has 2 N–H and O–H groups in total. The summed E-state index contributed by atoms with van der Waals surface area (Å²) >= 11 is 0. The molecule has 0 saturated carbocycles. The Morgan fingerprint density at radius 3 is 3.04 bits per heavy atom. The second-order valence-electron chi connectivity index (χ2n) is 6.65. The lowest BCUT2D eigenvalue weighted by Gasteiger charge is -2.32. The normalized spacial score (nSPS) is 17.2. The molecule has 2 amide bonds. The lowest BCUT2D eigenvalue weighted by molar-refractivity contribution is 0.191. The highest BCUT2D eigenvalue weighted by Crippen LogP contribution is 2.28. The van der Waals surface area contributed by atoms with E-state index in [1.54, 1.807) is 11.8 Å². The number of urea groups is 1. The molecule has 1 fully saturated rings. The second-order valence-corrected chi connectivity index (χ2v) is 6.65. The molecular weight excluding hydrogens is 332 g/mol. The number of carbonyl (C=O) groups is 1. The summed E-state index contributed by atoms with van der Waals surface area (Å²) in [5, 5.41) is 16.5. The second kappa shape index (κ2) is 8.23. The Hall–Kier alpha value is -2.54. The van der Waals surface area contributed by atoms with E-state index in [4.69, 9.17) is 9.84 Å². The van der Waals surface area contributed by atoms with Gasteiger partial charge >= 0.3 is 6.03 Å². The van der Waals surface area contributed by atoms with Crippen molar-refractivity contribution in [3.05, 3.63) is 41.7 Å². The summed E-state index contributed by atoms with van der Waals surface area (Å²) in [6, 6.07) is 7.58. The smallest absolute Gasteiger partial charge is 0.321 e. The number of aliphatic hydroxyl groups excluding tert-OH is 1. The zero-order valence-electron chi connectivity index (χ0n) is 15.3. The number of aryl methyl sites for hydroxylation is 1. The molecule has 2 aromatic rings. The average molecular weight is 358 g/mol. The molecule has 0 radical (unpaired) electrons. The van der Waals surface area contributed by atoms with E-state index in [1.807, 2.05) is 42.3 Å². The molecule has 0 aliphatic carbocycles. The van der Waals surface area contributed by atoms with Gasteiger partial charge in [-0.15, -0.1) is 0 Å². The number of nitrogens with one attached hydrogen (secondary N) is 1. The van der Waals surface area contributed by atoms with Crippen LogP contribution in [0.5, 0.6) is 5.75 Å². The third kappa shape index (κ3) is 4.16. The van der Waals surface area contributed by atoms with Gasteiger partial charge in [-0.25, -0.2) is 4.79 Å². The fraction of sp³-hybridized carbons (Fsp3) is 0.474. The molecule has 0 spiro atoms. The number of methoxy groups -OCH3 is 1. The molecule has 1 aromatic carbocycles. The SMILES string of the molecule is COc1ccc(C)cc1NC(=O)N1CCC[C@H](c2ccn(CCO)n2)C1. The third-order valence-corrected chi connectivity index (χ3v) is 4.71. The zero-order chi connectivity index (χ0) is 18.5. The van der Waals surface area contributed by atoms with Crippen LogP contribution in [0.15, 0.2) is 30.5 Å². The molecule has 3 rings (SSSR count). The highest BCUT2D eigenvalue weighted by molar-refractivity contribution is 5.91. The van der Waals surface area contributed by atoms with Crippen molar-refractivity contribution < 1.29 is 14.6 Å². The van der Waals surface area contributed by atoms with E-state index < -0.39 is 0 Å². The van der Waals surface area contributed by atoms with Gasteiger partial charge < -0.3 is 20.1 Å². The predicted octanol–water partition coefficient (Wildman–Crippen LogP) is 2.60. The minimum atomic E-state index is -0.117. The number of aromatic nitrogens is 2. The predicted molar refractivity (Wildman–Crippen MR) is 99.6 cm³/mol. The average Bonchev–Trinajstić information content (AvgIpc) is 3.11. The van der Waals surface area contributed by atoms with Gasteiger partial charge in [-0.3, -0.25) is 4.68 Å². The van der Waals surface area contributed by atoms with Crippen LogP contribution in [0.2, 0.25) is 0 Å². The van der Waals surface area contributed by atoms with Crippen LogP contribution in [0.1, 0.15) is 30.0 Å². The molecular formula is C19H26N4O3. The summed E-state index contributed by atoms with van der Waals surface area (Å²) in [4.78, 5) is 14.6. The van der Waals surface area contributed by atoms with Gasteiger partial charge in [0.2, 0.25) is 0 Å². The van der Waals surface area contributed by atoms with Crippen molar-refractivity contribution >= 4 is 11.7 Å². The molecule has 1 aliphatic heterocycles. The van der Waals surface area contributed by atoms with E-state index in [1.165, 1.54) is 0 Å². The van der Waals surface area contributed by atoms with E-state index in [2.05, 4.69) is 10.4 Å². The molecule has 26 heavy (non-hydrogen) atoms. The van der Waals surface area contributed by atoms with E-state index in [-0.39, 0.29) is 18.6 Å². The molecule has 1 aliphatic rings. The molecule has 1 atom stereocenters. The number of aliphatic hydroxyl groups is 1. The highest BCUT2D eigenvalue weighted by Gasteiger charge is 2.26. The first-order chi connectivity index (χ1) is 12.6. The summed E-state index contributed by atoms with van der Waals surface area (Å²) in [7, 11) is 1.60. The van der Waals surface area contributed by atoms with Gasteiger partial charge in [-0.1, -0.05) is 6.07 Å². The van der Waals surface area contributed by atoms with Crippen molar-refractivity contribution in [3.63, 3.8) is 0 Å². The number of ether oxygens (including phenoxy) is 1. The first-order valence-electron chi connectivity index (χ1n) is 8.95. The molecule has 7 heteroatoms. The maximum Gasteiger partial charge on any atom is 0.321 e. The number of benzene rings is 1. The topological polar surface area (TPSA) is 79.6 Å². The molecule has 0 unspecified atom stereocenters. The van der Waals surface area contributed by atoms with Gasteiger partial charge in [0.25, 0.3) is 0 Å². The number of hydrogen-bond donors (Lipinski definition) is 2. The van der Waals surface area contributed by atoms with Gasteiger partial charge in [0.15, 0.2) is 0 Å². The molecule has 2 heterocycles. The lowest BCUT2D eigenvalue weighted by Crippen LogP contribution is -2.41. The van der Waals surface area contributed by atoms with Crippen LogP contribution in [0.3, 0.4) is 0 Å². The summed E-state index contributed by atoms with van der Waals surface area (Å²) in [6.45, 7) is 3.90. The molecule has 0 bridgehead atoms. The number of nitrogens with zero attached hydrogens (tertiary/aromatic N) is 3. The van der Waals surface area contributed by atoms with Gasteiger partial charge in [0.05, 0.1) is 31.6 Å². The molecule has 140 valence electrons. The van der Waals surface area contributed by atoms with E-state index >= 15 is 0 Å². The zero-order valence-corrected chi connectivity index (χ0v) is 15.3. The summed E-state index contributed by atoms with van der Waals surface area (Å²) < 4.78 is 7.08. The number of amides is 2. The summed E-state index contributed by atoms with van der Waals surface area (Å²) in [5.74, 6) is 0.870. The van der Waals surface area contributed by atoms with Crippen LogP contribution in [0.25, 0.3) is 0 Å². The Kier molecular flexibility index (Phi) is 5.78. The number of carbonyl (C=O) groups excluding carboxylic acids is 1. The maximum atomic E-state index is 12.7. The molecule has 1 aromatic heterocycles. The monoisotopic (exact) mass is 358 g/mol. The number of anilines is 1. The fourth-order valence-electron chi connectivity index (χ4n) is 3.34. The van der Waals surface area contributed by atoms with Crippen LogP contribution < -0.4 is 10.1 Å². The fourth-order valence-corrected chi connectivity index (χ4v) is 3.34. The Morgan fingerprint density at radius 2 is 2.27 bits per heavy atom. The summed E-state index contributed by atoms with van der Waals surface area (Å²) in [5.41, 5.74) is 2.72. The van der Waals surface area contributed by atoms with Gasteiger partial charge in [0.1, 0.15) is 5.75 Å². The van der Waals surface area contributed by atoms with Crippen LogP contribution in [-0.2, 0) is 6.54 Å². The molecule has 7 nitrogen and oxygen atoms in total. The van der Waals surface area contributed by atoms with Crippen LogP contribution >= 0.6 is 0 Å². The van der Waals surface area contributed by atoms with E-state index in [9.17, 15) is 4.79 Å². The van der Waals surface area contributed by atoms with Crippen LogP contribution in [-0.4, -0.2) is 52.6 Å². The number of hydrogen-bond acceptors (Lipinski definition) is 4. The Bertz CT molecular complexity index is 759. The van der Waals surface area contributed by atoms with Crippen LogP contribution in [0, 0.1) is 6.92 Å². The van der Waals surface area contributed by atoms with Crippen molar-refractivity contribution in [1.82, 2.24) is 14.7 Å². The molecule has 1 saturated heterocycles. The van der Waals surface area contributed by atoms with Crippen molar-refractivity contribution in [2.24, 2.45) is 0 Å². The van der Waals surface area contributed by atoms with Crippen LogP contribution in [0.4, 0.5) is 10.5 Å². The summed E-state index contributed by atoms with van der Waals surface area (Å²) in [6.07, 6.45) is 3.83. The van der Waals surface area contributed by atoms with Gasteiger partial charge in [-0.05, 0) is 43.5 Å². The van der Waals surface area contributed by atoms with Gasteiger partial charge in [-0.2, -0.15) is 5.10 Å². The van der Waals surface area contributed by atoms with Crippen molar-refractivity contribution in [2.45, 2.75) is 32.2 Å².